The van der Waals surface area contributed by atoms with Gasteiger partial charge >= 0.3 is 0 Å². The molecular weight excluding hydrogens is 224 g/mol. The molecule has 0 atom stereocenters. The first-order chi connectivity index (χ1) is 8.12. The van der Waals surface area contributed by atoms with Crippen LogP contribution in [0.2, 0.25) is 0 Å². The quantitative estimate of drug-likeness (QED) is 0.512. The van der Waals surface area contributed by atoms with Crippen molar-refractivity contribution in [1.29, 1.82) is 0 Å². The van der Waals surface area contributed by atoms with Gasteiger partial charge in [-0.2, -0.15) is 0 Å². The van der Waals surface area contributed by atoms with Gasteiger partial charge in [0.1, 0.15) is 5.75 Å². The van der Waals surface area contributed by atoms with Gasteiger partial charge in [-0.3, -0.25) is 4.79 Å². The number of rotatable bonds is 5. The third-order valence-corrected chi connectivity index (χ3v) is 2.27. The maximum atomic E-state index is 11.7. The van der Waals surface area contributed by atoms with E-state index in [1.54, 1.807) is 12.1 Å². The second-order valence-corrected chi connectivity index (χ2v) is 3.49. The number of nitrogens with two attached hydrogens (primary N) is 1. The summed E-state index contributed by atoms with van der Waals surface area (Å²) < 4.78 is 4.97. The van der Waals surface area contributed by atoms with E-state index in [9.17, 15) is 4.79 Å². The molecule has 6 nitrogen and oxygen atoms in total. The summed E-state index contributed by atoms with van der Waals surface area (Å²) in [5.74, 6) is 0.0786. The minimum atomic E-state index is -0.675. The molecule has 0 heterocycles. The molecule has 17 heavy (non-hydrogen) atoms. The van der Waals surface area contributed by atoms with Crippen molar-refractivity contribution in [1.82, 2.24) is 5.32 Å². The number of hydrogen-bond acceptors (Lipinski definition) is 5. The number of benzene rings is 1. The van der Waals surface area contributed by atoms with Gasteiger partial charge in [-0.15, -0.1) is 0 Å². The molecule has 0 aromatic heterocycles. The Morgan fingerprint density at radius 1 is 1.47 bits per heavy atom. The van der Waals surface area contributed by atoms with E-state index < -0.39 is 11.9 Å². The summed E-state index contributed by atoms with van der Waals surface area (Å²) in [6.45, 7) is -0.651. The van der Waals surface area contributed by atoms with Gasteiger partial charge in [0.05, 0.1) is 32.1 Å². The van der Waals surface area contributed by atoms with E-state index in [1.807, 2.05) is 0 Å². The number of amides is 1. The van der Waals surface area contributed by atoms with Crippen LogP contribution in [-0.2, 0) is 0 Å². The minimum absolute atomic E-state index is 0.326. The van der Waals surface area contributed by atoms with Gasteiger partial charge in [0.2, 0.25) is 0 Å². The van der Waals surface area contributed by atoms with Crippen molar-refractivity contribution >= 4 is 11.6 Å². The highest BCUT2D eigenvalue weighted by Crippen LogP contribution is 2.21. The Morgan fingerprint density at radius 2 is 2.12 bits per heavy atom. The Kier molecular flexibility index (Phi) is 4.74. The normalized spacial score (nSPS) is 10.4. The van der Waals surface area contributed by atoms with E-state index in [4.69, 9.17) is 20.7 Å². The molecule has 1 amide bonds. The fraction of sp³-hybridized carbons (Fsp3) is 0.364. The number of carbonyl (C=O) groups is 1. The van der Waals surface area contributed by atoms with E-state index >= 15 is 0 Å². The first-order valence-electron chi connectivity index (χ1n) is 5.08. The maximum absolute atomic E-state index is 11.7. The monoisotopic (exact) mass is 240 g/mol. The number of hydrogen-bond donors (Lipinski definition) is 4. The minimum Gasteiger partial charge on any atom is -0.495 e. The Labute approximate surface area is 99.0 Å². The molecule has 0 spiro atoms. The predicted octanol–water partition coefficient (Wildman–Crippen LogP) is -0.640. The van der Waals surface area contributed by atoms with E-state index in [0.29, 0.717) is 17.0 Å². The molecule has 94 valence electrons. The van der Waals surface area contributed by atoms with Crippen LogP contribution in [0.1, 0.15) is 10.4 Å². The van der Waals surface area contributed by atoms with Crippen molar-refractivity contribution < 1.29 is 19.7 Å². The molecule has 0 radical (unpaired) electrons. The highest BCUT2D eigenvalue weighted by atomic mass is 16.5. The van der Waals surface area contributed by atoms with Crippen LogP contribution in [0.5, 0.6) is 5.75 Å². The molecule has 0 aliphatic rings. The van der Waals surface area contributed by atoms with Gasteiger partial charge in [-0.1, -0.05) is 0 Å². The fourth-order valence-corrected chi connectivity index (χ4v) is 1.29. The van der Waals surface area contributed by atoms with Crippen LogP contribution in [0, 0.1) is 0 Å². The van der Waals surface area contributed by atoms with Crippen LogP contribution in [0.15, 0.2) is 18.2 Å². The molecule has 6 heteroatoms. The van der Waals surface area contributed by atoms with Gasteiger partial charge < -0.3 is 26.0 Å². The van der Waals surface area contributed by atoms with Crippen LogP contribution in [-0.4, -0.2) is 42.5 Å². The highest BCUT2D eigenvalue weighted by Gasteiger charge is 2.13. The number of anilines is 1. The number of carbonyl (C=O) groups excluding carboxylic acids is 1. The van der Waals surface area contributed by atoms with Crippen molar-refractivity contribution in [3.63, 3.8) is 0 Å². The van der Waals surface area contributed by atoms with Crippen molar-refractivity contribution in [3.05, 3.63) is 23.8 Å². The van der Waals surface area contributed by atoms with Gasteiger partial charge in [-0.25, -0.2) is 0 Å². The third-order valence-electron chi connectivity index (χ3n) is 2.27. The van der Waals surface area contributed by atoms with Crippen molar-refractivity contribution in [2.45, 2.75) is 6.04 Å². The lowest BCUT2D eigenvalue weighted by Crippen LogP contribution is -2.40. The van der Waals surface area contributed by atoms with Gasteiger partial charge in [0, 0.05) is 5.56 Å². The summed E-state index contributed by atoms with van der Waals surface area (Å²) in [4.78, 5) is 11.7. The molecule has 0 unspecified atom stereocenters. The first kappa shape index (κ1) is 13.3. The zero-order chi connectivity index (χ0) is 12.8. The Morgan fingerprint density at radius 3 is 2.59 bits per heavy atom. The average molecular weight is 240 g/mol. The molecule has 0 fully saturated rings. The number of nitrogens with one attached hydrogen (secondary N) is 1. The molecular formula is C11H16N2O4. The zero-order valence-electron chi connectivity index (χ0n) is 9.51. The number of methoxy groups -OCH3 is 1. The van der Waals surface area contributed by atoms with E-state index in [1.165, 1.54) is 13.2 Å². The smallest absolute Gasteiger partial charge is 0.251 e. The van der Waals surface area contributed by atoms with Crippen LogP contribution in [0.4, 0.5) is 5.69 Å². The molecule has 0 saturated carbocycles. The number of aliphatic hydroxyl groups is 2. The van der Waals surface area contributed by atoms with E-state index in [-0.39, 0.29) is 13.2 Å². The summed E-state index contributed by atoms with van der Waals surface area (Å²) in [7, 11) is 1.49. The molecule has 0 aliphatic heterocycles. The zero-order valence-corrected chi connectivity index (χ0v) is 9.51. The van der Waals surface area contributed by atoms with Crippen LogP contribution in [0.3, 0.4) is 0 Å². The summed E-state index contributed by atoms with van der Waals surface area (Å²) in [5.41, 5.74) is 6.36. The van der Waals surface area contributed by atoms with E-state index in [2.05, 4.69) is 5.32 Å². The molecule has 5 N–H and O–H groups in total. The maximum Gasteiger partial charge on any atom is 0.251 e. The third kappa shape index (κ3) is 3.33. The molecule has 0 saturated heterocycles. The Balaban J connectivity index is 2.79. The summed E-state index contributed by atoms with van der Waals surface area (Å²) in [6, 6.07) is 3.93. The number of nitrogen functional groups attached to an aromatic ring is 1. The fourth-order valence-electron chi connectivity index (χ4n) is 1.29. The number of ether oxygens (including phenoxy) is 1. The van der Waals surface area contributed by atoms with Crippen LogP contribution >= 0.6 is 0 Å². The van der Waals surface area contributed by atoms with Crippen LogP contribution < -0.4 is 15.8 Å². The molecule has 1 aromatic rings. The molecule has 1 aromatic carbocycles. The Bertz CT molecular complexity index is 391. The Hall–Kier alpha value is -1.79. The predicted molar refractivity (Wildman–Crippen MR) is 62.8 cm³/mol. The van der Waals surface area contributed by atoms with Crippen molar-refractivity contribution in [3.8, 4) is 5.75 Å². The summed E-state index contributed by atoms with van der Waals surface area (Å²) in [6.07, 6.45) is 0. The second-order valence-electron chi connectivity index (χ2n) is 3.49. The highest BCUT2D eigenvalue weighted by molar-refractivity contribution is 5.95. The summed E-state index contributed by atoms with van der Waals surface area (Å²) in [5, 5.41) is 20.1. The van der Waals surface area contributed by atoms with E-state index in [0.717, 1.165) is 0 Å². The number of aliphatic hydroxyl groups excluding tert-OH is 2. The van der Waals surface area contributed by atoms with Crippen LogP contribution in [0.25, 0.3) is 0 Å². The average Bonchev–Trinajstić information content (AvgIpc) is 2.35. The van der Waals surface area contributed by atoms with Gasteiger partial charge in [0.25, 0.3) is 5.91 Å². The molecule has 0 bridgehead atoms. The lowest BCUT2D eigenvalue weighted by molar-refractivity contribution is 0.0879. The standard InChI is InChI=1S/C11H16N2O4/c1-17-10-3-2-7(4-9(10)12)11(16)13-8(5-14)6-15/h2-4,8,14-15H,5-6,12H2,1H3,(H,13,16). The van der Waals surface area contributed by atoms with Crippen molar-refractivity contribution in [2.24, 2.45) is 0 Å². The lowest BCUT2D eigenvalue weighted by atomic mass is 10.1. The van der Waals surface area contributed by atoms with Crippen molar-refractivity contribution in [2.75, 3.05) is 26.1 Å². The summed E-state index contributed by atoms with van der Waals surface area (Å²) >= 11 is 0. The second kappa shape index (κ2) is 6.07. The molecule has 0 aliphatic carbocycles. The first-order valence-corrected chi connectivity index (χ1v) is 5.08. The van der Waals surface area contributed by atoms with Gasteiger partial charge in [0.15, 0.2) is 0 Å². The molecule has 1 rings (SSSR count). The topological polar surface area (TPSA) is 105 Å². The largest absolute Gasteiger partial charge is 0.495 e. The van der Waals surface area contributed by atoms with Gasteiger partial charge in [-0.05, 0) is 18.2 Å². The lowest BCUT2D eigenvalue weighted by Gasteiger charge is -2.14. The SMILES string of the molecule is COc1ccc(C(=O)NC(CO)CO)cc1N.